The molecule has 0 spiro atoms. The van der Waals surface area contributed by atoms with Gasteiger partial charge in [-0.2, -0.15) is 0 Å². The van der Waals surface area contributed by atoms with E-state index >= 15 is 0 Å². The van der Waals surface area contributed by atoms with Crippen LogP contribution < -0.4 is 14.8 Å². The fourth-order valence-electron chi connectivity index (χ4n) is 2.20. The average molecular weight is 371 g/mol. The van der Waals surface area contributed by atoms with Crippen molar-refractivity contribution in [2.45, 2.75) is 20.4 Å². The Hall–Kier alpha value is -3.02. The Bertz CT molecular complexity index is 755. The second-order valence-corrected chi connectivity index (χ2v) is 6.43. The monoisotopic (exact) mass is 371 g/mol. The van der Waals surface area contributed by atoms with Gasteiger partial charge in [-0.15, -0.1) is 0 Å². The summed E-state index contributed by atoms with van der Waals surface area (Å²) in [6.45, 7) is 4.72. The average Bonchev–Trinajstić information content (AvgIpc) is 2.69. The largest absolute Gasteiger partial charge is 0.497 e. The van der Waals surface area contributed by atoms with Crippen LogP contribution in [0.15, 0.2) is 48.5 Å². The lowest BCUT2D eigenvalue weighted by atomic mass is 10.2. The Morgan fingerprint density at radius 3 is 2.44 bits per heavy atom. The molecule has 2 rings (SSSR count). The van der Waals surface area contributed by atoms with E-state index in [9.17, 15) is 9.59 Å². The van der Waals surface area contributed by atoms with Crippen molar-refractivity contribution in [2.75, 3.05) is 20.3 Å². The number of hydrogen-bond acceptors (Lipinski definition) is 5. The minimum Gasteiger partial charge on any atom is -0.497 e. The number of benzene rings is 2. The van der Waals surface area contributed by atoms with Crippen molar-refractivity contribution >= 4 is 11.9 Å². The zero-order valence-corrected chi connectivity index (χ0v) is 15.9. The molecule has 0 aliphatic rings. The molecule has 0 unspecified atom stereocenters. The predicted octanol–water partition coefficient (Wildman–Crippen LogP) is 3.20. The zero-order chi connectivity index (χ0) is 19.6. The molecule has 6 heteroatoms. The number of rotatable bonds is 9. The maximum absolute atomic E-state index is 12.0. The Kier molecular flexibility index (Phi) is 7.67. The number of ether oxygens (including phenoxy) is 3. The van der Waals surface area contributed by atoms with Crippen molar-refractivity contribution in [3.8, 4) is 11.5 Å². The van der Waals surface area contributed by atoms with E-state index in [1.54, 1.807) is 31.4 Å². The molecule has 27 heavy (non-hydrogen) atoms. The SMILES string of the molecule is COc1cccc(CNC(=O)COC(=O)c2ccc(OCC(C)C)cc2)c1. The van der Waals surface area contributed by atoms with Crippen LogP contribution in [0.5, 0.6) is 11.5 Å². The van der Waals surface area contributed by atoms with E-state index in [1.165, 1.54) is 0 Å². The molecule has 0 heterocycles. The van der Waals surface area contributed by atoms with Gasteiger partial charge < -0.3 is 19.5 Å². The maximum atomic E-state index is 12.0. The summed E-state index contributed by atoms with van der Waals surface area (Å²) in [4.78, 5) is 23.9. The minimum absolute atomic E-state index is 0.329. The molecular formula is C21H25NO5. The van der Waals surface area contributed by atoms with E-state index in [-0.39, 0.29) is 12.5 Å². The Morgan fingerprint density at radius 1 is 1.04 bits per heavy atom. The summed E-state index contributed by atoms with van der Waals surface area (Å²) < 4.78 is 15.7. The Labute approximate surface area is 159 Å². The van der Waals surface area contributed by atoms with E-state index in [2.05, 4.69) is 19.2 Å². The molecule has 144 valence electrons. The summed E-state index contributed by atoms with van der Waals surface area (Å²) in [5.74, 6) is 0.903. The van der Waals surface area contributed by atoms with Crippen LogP contribution in [0.1, 0.15) is 29.8 Å². The first-order chi connectivity index (χ1) is 13.0. The van der Waals surface area contributed by atoms with E-state index in [4.69, 9.17) is 14.2 Å². The Balaban J connectivity index is 1.76. The number of nitrogens with one attached hydrogen (secondary N) is 1. The zero-order valence-electron chi connectivity index (χ0n) is 15.9. The van der Waals surface area contributed by atoms with E-state index in [1.807, 2.05) is 24.3 Å². The van der Waals surface area contributed by atoms with E-state index in [0.717, 1.165) is 5.56 Å². The smallest absolute Gasteiger partial charge is 0.338 e. The first kappa shape index (κ1) is 20.3. The summed E-state index contributed by atoms with van der Waals surface area (Å²) in [6.07, 6.45) is 0. The third kappa shape index (κ3) is 7.01. The molecule has 0 aliphatic carbocycles. The van der Waals surface area contributed by atoms with Gasteiger partial charge in [-0.25, -0.2) is 4.79 Å². The van der Waals surface area contributed by atoms with Gasteiger partial charge in [-0.1, -0.05) is 26.0 Å². The Morgan fingerprint density at radius 2 is 1.78 bits per heavy atom. The van der Waals surface area contributed by atoms with Crippen LogP contribution in [0.25, 0.3) is 0 Å². The summed E-state index contributed by atoms with van der Waals surface area (Å²) in [7, 11) is 1.58. The lowest BCUT2D eigenvalue weighted by molar-refractivity contribution is -0.124. The normalized spacial score (nSPS) is 10.4. The van der Waals surface area contributed by atoms with Crippen molar-refractivity contribution < 1.29 is 23.8 Å². The summed E-state index contributed by atoms with van der Waals surface area (Å²) in [5, 5.41) is 2.70. The first-order valence-electron chi connectivity index (χ1n) is 8.77. The predicted molar refractivity (Wildman–Crippen MR) is 102 cm³/mol. The fourth-order valence-corrected chi connectivity index (χ4v) is 2.20. The highest BCUT2D eigenvalue weighted by Gasteiger charge is 2.10. The minimum atomic E-state index is -0.554. The van der Waals surface area contributed by atoms with Crippen LogP contribution in [-0.2, 0) is 16.1 Å². The standard InChI is InChI=1S/C21H25NO5/c1-15(2)13-26-18-9-7-17(8-10-18)21(24)27-14-20(23)22-12-16-5-4-6-19(11-16)25-3/h4-11,15H,12-14H2,1-3H3,(H,22,23). The van der Waals surface area contributed by atoms with Crippen LogP contribution in [0.4, 0.5) is 0 Å². The highest BCUT2D eigenvalue weighted by atomic mass is 16.5. The molecule has 6 nitrogen and oxygen atoms in total. The molecule has 0 aromatic heterocycles. The topological polar surface area (TPSA) is 73.9 Å². The quantitative estimate of drug-likeness (QED) is 0.685. The second kappa shape index (κ2) is 10.2. The third-order valence-electron chi connectivity index (χ3n) is 3.63. The maximum Gasteiger partial charge on any atom is 0.338 e. The molecule has 0 saturated carbocycles. The van der Waals surface area contributed by atoms with Crippen LogP contribution in [-0.4, -0.2) is 32.2 Å². The first-order valence-corrected chi connectivity index (χ1v) is 8.77. The van der Waals surface area contributed by atoms with Crippen LogP contribution in [0, 0.1) is 5.92 Å². The van der Waals surface area contributed by atoms with E-state index in [0.29, 0.717) is 36.1 Å². The molecule has 2 aromatic rings. The number of carbonyl (C=O) groups excluding carboxylic acids is 2. The van der Waals surface area contributed by atoms with Gasteiger partial charge in [-0.05, 0) is 47.9 Å². The summed E-state index contributed by atoms with van der Waals surface area (Å²) in [6, 6.07) is 14.0. The number of methoxy groups -OCH3 is 1. The number of amides is 1. The molecular weight excluding hydrogens is 346 g/mol. The lowest BCUT2D eigenvalue weighted by Crippen LogP contribution is -2.28. The third-order valence-corrected chi connectivity index (χ3v) is 3.63. The number of carbonyl (C=O) groups is 2. The molecule has 0 radical (unpaired) electrons. The molecule has 0 fully saturated rings. The highest BCUT2D eigenvalue weighted by molar-refractivity contribution is 5.91. The van der Waals surface area contributed by atoms with Gasteiger partial charge in [0, 0.05) is 6.54 Å². The van der Waals surface area contributed by atoms with Crippen molar-refractivity contribution in [3.05, 3.63) is 59.7 Å². The van der Waals surface area contributed by atoms with Crippen LogP contribution >= 0.6 is 0 Å². The van der Waals surface area contributed by atoms with Gasteiger partial charge >= 0.3 is 5.97 Å². The van der Waals surface area contributed by atoms with Gasteiger partial charge in [-0.3, -0.25) is 4.79 Å². The summed E-state index contributed by atoms with van der Waals surface area (Å²) in [5.41, 5.74) is 1.26. The number of esters is 1. The second-order valence-electron chi connectivity index (χ2n) is 6.43. The fraction of sp³-hybridized carbons (Fsp3) is 0.333. The molecule has 0 bridgehead atoms. The van der Waals surface area contributed by atoms with Gasteiger partial charge in [0.1, 0.15) is 11.5 Å². The van der Waals surface area contributed by atoms with Gasteiger partial charge in [0.2, 0.25) is 0 Å². The van der Waals surface area contributed by atoms with Gasteiger partial charge in [0.15, 0.2) is 6.61 Å². The molecule has 0 saturated heterocycles. The van der Waals surface area contributed by atoms with Crippen molar-refractivity contribution in [1.29, 1.82) is 0 Å². The van der Waals surface area contributed by atoms with Crippen molar-refractivity contribution in [3.63, 3.8) is 0 Å². The lowest BCUT2D eigenvalue weighted by Gasteiger charge is -2.10. The summed E-state index contributed by atoms with van der Waals surface area (Å²) >= 11 is 0. The molecule has 0 aliphatic heterocycles. The van der Waals surface area contributed by atoms with Crippen molar-refractivity contribution in [2.24, 2.45) is 5.92 Å². The van der Waals surface area contributed by atoms with E-state index < -0.39 is 5.97 Å². The van der Waals surface area contributed by atoms with Gasteiger partial charge in [0.05, 0.1) is 19.3 Å². The van der Waals surface area contributed by atoms with Crippen LogP contribution in [0.3, 0.4) is 0 Å². The highest BCUT2D eigenvalue weighted by Crippen LogP contribution is 2.14. The molecule has 1 amide bonds. The molecule has 2 aromatic carbocycles. The van der Waals surface area contributed by atoms with Crippen LogP contribution in [0.2, 0.25) is 0 Å². The van der Waals surface area contributed by atoms with Gasteiger partial charge in [0.25, 0.3) is 5.91 Å². The number of hydrogen-bond donors (Lipinski definition) is 1. The molecule has 0 atom stereocenters. The molecule has 1 N–H and O–H groups in total. The van der Waals surface area contributed by atoms with Crippen molar-refractivity contribution in [1.82, 2.24) is 5.32 Å².